The Hall–Kier alpha value is -3.71. The average molecular weight is 541 g/mol. The molecule has 0 saturated carbocycles. The zero-order chi connectivity index (χ0) is 28.5. The van der Waals surface area contributed by atoms with Crippen molar-refractivity contribution in [3.8, 4) is 0 Å². The fourth-order valence-electron chi connectivity index (χ4n) is 6.65. The number of nitrogens with zero attached hydrogens (tertiary/aromatic N) is 1. The molecular formula is C33H40N4O3. The highest BCUT2D eigenvalue weighted by molar-refractivity contribution is 6.07. The van der Waals surface area contributed by atoms with Gasteiger partial charge in [-0.05, 0) is 71.4 Å². The van der Waals surface area contributed by atoms with E-state index in [2.05, 4.69) is 48.9 Å². The van der Waals surface area contributed by atoms with E-state index in [0.717, 1.165) is 59.4 Å². The summed E-state index contributed by atoms with van der Waals surface area (Å²) in [6.45, 7) is 10.6. The largest absolute Gasteiger partial charge is 0.455 e. The number of benzene rings is 2. The van der Waals surface area contributed by atoms with Crippen LogP contribution in [0, 0.1) is 6.92 Å². The van der Waals surface area contributed by atoms with Crippen molar-refractivity contribution in [2.24, 2.45) is 5.10 Å². The van der Waals surface area contributed by atoms with Crippen LogP contribution in [0.3, 0.4) is 0 Å². The summed E-state index contributed by atoms with van der Waals surface area (Å²) in [6, 6.07) is 19.5. The van der Waals surface area contributed by atoms with Crippen molar-refractivity contribution in [3.05, 3.63) is 94.4 Å². The summed E-state index contributed by atoms with van der Waals surface area (Å²) in [5, 5.41) is 11.5. The third-order valence-corrected chi connectivity index (χ3v) is 7.89. The van der Waals surface area contributed by atoms with E-state index in [0.29, 0.717) is 12.2 Å². The van der Waals surface area contributed by atoms with Gasteiger partial charge in [-0.2, -0.15) is 5.10 Å². The third-order valence-electron chi connectivity index (χ3n) is 7.89. The monoisotopic (exact) mass is 540 g/mol. The van der Waals surface area contributed by atoms with Crippen LogP contribution < -0.4 is 16.1 Å². The van der Waals surface area contributed by atoms with E-state index in [1.165, 1.54) is 0 Å². The molecule has 1 aliphatic heterocycles. The lowest BCUT2D eigenvalue weighted by molar-refractivity contribution is -0.121. The Labute approximate surface area is 236 Å². The number of carbonyl (C=O) groups excluding carboxylic acids is 2. The van der Waals surface area contributed by atoms with Crippen LogP contribution in [-0.2, 0) is 11.2 Å². The summed E-state index contributed by atoms with van der Waals surface area (Å²) in [5.74, 6) is 0.219. The maximum atomic E-state index is 13.5. The minimum Gasteiger partial charge on any atom is -0.455 e. The number of rotatable bonds is 6. The normalized spacial score (nSPS) is 19.3. The molecule has 5 rings (SSSR count). The van der Waals surface area contributed by atoms with Crippen LogP contribution in [0.1, 0.15) is 97.9 Å². The smallest absolute Gasteiger partial charge is 0.287 e. The molecule has 0 atom stereocenters. The van der Waals surface area contributed by atoms with Gasteiger partial charge < -0.3 is 15.1 Å². The topological polar surface area (TPSA) is 95.7 Å². The molecule has 40 heavy (non-hydrogen) atoms. The molecule has 3 N–H and O–H groups in total. The van der Waals surface area contributed by atoms with Crippen LogP contribution in [0.25, 0.3) is 0 Å². The predicted molar refractivity (Wildman–Crippen MR) is 158 cm³/mol. The summed E-state index contributed by atoms with van der Waals surface area (Å²) in [5.41, 5.74) is 6.86. The molecule has 0 bridgehead atoms. The molecule has 1 aromatic heterocycles. The molecule has 2 amide bonds. The molecule has 2 aromatic carbocycles. The number of hydrogen-bond acceptors (Lipinski definition) is 5. The first-order valence-electron chi connectivity index (χ1n) is 14.2. The first-order chi connectivity index (χ1) is 19.0. The van der Waals surface area contributed by atoms with Gasteiger partial charge in [0.25, 0.3) is 11.8 Å². The lowest BCUT2D eigenvalue weighted by Crippen LogP contribution is -2.62. The van der Waals surface area contributed by atoms with Crippen molar-refractivity contribution in [3.63, 3.8) is 0 Å². The third kappa shape index (κ3) is 6.04. The van der Waals surface area contributed by atoms with E-state index in [4.69, 9.17) is 4.42 Å². The second-order valence-electron chi connectivity index (χ2n) is 12.5. The molecule has 2 aliphatic rings. The van der Waals surface area contributed by atoms with E-state index in [1.807, 2.05) is 67.6 Å². The molecule has 0 radical (unpaired) electrons. The van der Waals surface area contributed by atoms with E-state index in [9.17, 15) is 9.59 Å². The minimum atomic E-state index is -0.486. The van der Waals surface area contributed by atoms with Crippen molar-refractivity contribution in [1.82, 2.24) is 16.1 Å². The van der Waals surface area contributed by atoms with E-state index < -0.39 is 5.92 Å². The van der Waals surface area contributed by atoms with Crippen LogP contribution in [0.5, 0.6) is 0 Å². The van der Waals surface area contributed by atoms with Crippen molar-refractivity contribution >= 4 is 17.5 Å². The summed E-state index contributed by atoms with van der Waals surface area (Å²) < 4.78 is 6.15. The number of fused-ring (bicyclic) bond motifs is 1. The highest BCUT2D eigenvalue weighted by Gasteiger charge is 2.39. The molecule has 2 heterocycles. The summed E-state index contributed by atoms with van der Waals surface area (Å²) in [6.07, 6.45) is 3.95. The number of furan rings is 1. The summed E-state index contributed by atoms with van der Waals surface area (Å²) in [4.78, 5) is 26.9. The maximum absolute atomic E-state index is 13.5. The Balaban J connectivity index is 1.37. The average Bonchev–Trinajstić information content (AvgIpc) is 3.24. The highest BCUT2D eigenvalue weighted by atomic mass is 16.4. The quantitative estimate of drug-likeness (QED) is 0.354. The Morgan fingerprint density at radius 2 is 1.50 bits per heavy atom. The number of carbonyl (C=O) groups is 2. The van der Waals surface area contributed by atoms with Gasteiger partial charge in [-0.1, -0.05) is 60.7 Å². The van der Waals surface area contributed by atoms with Crippen molar-refractivity contribution in [1.29, 1.82) is 0 Å². The lowest BCUT2D eigenvalue weighted by atomic mass is 9.79. The molecular weight excluding hydrogens is 500 g/mol. The minimum absolute atomic E-state index is 0.0422. The first kappa shape index (κ1) is 27.8. The molecule has 0 spiro atoms. The fourth-order valence-corrected chi connectivity index (χ4v) is 6.65. The van der Waals surface area contributed by atoms with Crippen LogP contribution in [0.15, 0.2) is 70.2 Å². The predicted octanol–water partition coefficient (Wildman–Crippen LogP) is 5.62. The number of hydrazone groups is 1. The molecule has 0 unspecified atom stereocenters. The number of amides is 2. The van der Waals surface area contributed by atoms with Crippen molar-refractivity contribution in [2.75, 3.05) is 0 Å². The Bertz CT molecular complexity index is 1350. The Kier molecular flexibility index (Phi) is 7.69. The van der Waals surface area contributed by atoms with E-state index in [1.54, 1.807) is 0 Å². The van der Waals surface area contributed by atoms with Crippen LogP contribution in [0.4, 0.5) is 0 Å². The summed E-state index contributed by atoms with van der Waals surface area (Å²) >= 11 is 0. The molecule has 7 nitrogen and oxygen atoms in total. The molecule has 1 saturated heterocycles. The lowest BCUT2D eigenvalue weighted by Gasteiger charge is -2.46. The van der Waals surface area contributed by atoms with Gasteiger partial charge in [0.1, 0.15) is 5.76 Å². The summed E-state index contributed by atoms with van der Waals surface area (Å²) in [7, 11) is 0. The molecule has 7 heteroatoms. The Morgan fingerprint density at radius 1 is 0.925 bits per heavy atom. The second kappa shape index (κ2) is 11.0. The SMILES string of the molecule is Cc1c(C(=O)NC2CC(C)(C)NC(C)(C)C2)oc2c1/C(=N/NC(=O)C(c1ccccc1)c1ccccc1)CCC2. The zero-order valence-corrected chi connectivity index (χ0v) is 24.1. The van der Waals surface area contributed by atoms with Crippen molar-refractivity contribution < 1.29 is 14.0 Å². The highest BCUT2D eigenvalue weighted by Crippen LogP contribution is 2.32. The molecule has 1 fully saturated rings. The van der Waals surface area contributed by atoms with E-state index >= 15 is 0 Å². The standard InChI is InChI=1S/C33H40N4O3/c1-21-27-25(35-36-30(38)28(22-13-8-6-9-14-22)23-15-10-7-11-16-23)17-12-18-26(27)40-29(21)31(39)34-24-19-32(2,3)37-33(4,5)20-24/h6-11,13-16,24,28,37H,12,17-20H2,1-5H3,(H,34,39)(H,36,38)/b35-25+. The number of piperidine rings is 1. The van der Waals surface area contributed by atoms with Crippen molar-refractivity contribution in [2.45, 2.75) is 89.8 Å². The fraction of sp³-hybridized carbons (Fsp3) is 0.424. The molecule has 3 aromatic rings. The first-order valence-corrected chi connectivity index (χ1v) is 14.2. The number of nitrogens with one attached hydrogen (secondary N) is 3. The van der Waals surface area contributed by atoms with Gasteiger partial charge in [-0.15, -0.1) is 0 Å². The van der Waals surface area contributed by atoms with Gasteiger partial charge in [-0.3, -0.25) is 9.59 Å². The number of aryl methyl sites for hydroxylation is 1. The number of hydrogen-bond donors (Lipinski definition) is 3. The van der Waals surface area contributed by atoms with Gasteiger partial charge in [0.05, 0.1) is 11.6 Å². The van der Waals surface area contributed by atoms with E-state index in [-0.39, 0.29) is 28.9 Å². The maximum Gasteiger partial charge on any atom is 0.287 e. The zero-order valence-electron chi connectivity index (χ0n) is 24.1. The van der Waals surface area contributed by atoms with Crippen LogP contribution in [0.2, 0.25) is 0 Å². The van der Waals surface area contributed by atoms with Gasteiger partial charge in [0.2, 0.25) is 0 Å². The van der Waals surface area contributed by atoms with Gasteiger partial charge in [0, 0.05) is 34.7 Å². The van der Waals surface area contributed by atoms with Crippen LogP contribution >= 0.6 is 0 Å². The van der Waals surface area contributed by atoms with Gasteiger partial charge in [0.15, 0.2) is 5.76 Å². The van der Waals surface area contributed by atoms with Crippen LogP contribution in [-0.4, -0.2) is 34.6 Å². The second-order valence-corrected chi connectivity index (χ2v) is 12.5. The molecule has 1 aliphatic carbocycles. The van der Waals surface area contributed by atoms with Gasteiger partial charge >= 0.3 is 0 Å². The van der Waals surface area contributed by atoms with Gasteiger partial charge in [-0.25, -0.2) is 5.43 Å². The molecule has 210 valence electrons. The Morgan fingerprint density at radius 3 is 2.08 bits per heavy atom.